The van der Waals surface area contributed by atoms with Gasteiger partial charge in [-0.3, -0.25) is 14.4 Å². The maximum atomic E-state index is 13.2. The monoisotopic (exact) mass is 536 g/mol. The van der Waals surface area contributed by atoms with Crippen LogP contribution in [0.4, 0.5) is 4.79 Å². The molecule has 10 heteroatoms. The molecule has 0 spiro atoms. The van der Waals surface area contributed by atoms with Crippen LogP contribution >= 0.6 is 27.3 Å². The summed E-state index contributed by atoms with van der Waals surface area (Å²) in [6, 6.07) is 6.24. The first-order valence-electron chi connectivity index (χ1n) is 10.7. The van der Waals surface area contributed by atoms with Crippen molar-refractivity contribution in [3.05, 3.63) is 41.0 Å². The number of likely N-dealkylation sites (tertiary alicyclic amines) is 1. The van der Waals surface area contributed by atoms with E-state index in [-0.39, 0.29) is 18.9 Å². The number of aryl methyl sites for hydroxylation is 1. The van der Waals surface area contributed by atoms with Crippen LogP contribution in [-0.2, 0) is 16.1 Å². The van der Waals surface area contributed by atoms with Crippen LogP contribution in [-0.4, -0.2) is 56.4 Å². The van der Waals surface area contributed by atoms with Crippen molar-refractivity contribution in [2.24, 2.45) is 5.41 Å². The third-order valence-electron chi connectivity index (χ3n) is 5.66. The molecule has 0 bridgehead atoms. The summed E-state index contributed by atoms with van der Waals surface area (Å²) in [4.78, 5) is 44.0. The Bertz CT molecular complexity index is 1020. The molecule has 1 aromatic carbocycles. The first kappa shape index (κ1) is 25.3. The second-order valence-electron chi connectivity index (χ2n) is 9.29. The van der Waals surface area contributed by atoms with E-state index in [0.717, 1.165) is 21.7 Å². The standard InChI is InChI=1S/C23H29BrN4O4S/c1-13-18(33-12-26-13)15-7-5-14(6-8-15)10-25-20(30)17-9-16(29)11-28(17)21(31)19(23(2,3)4)27-22(24)32/h5-8,12,16-17,19,29H,9-11H2,1-4H3,(H,25,30)(H,27,32)/t16-,17+,19-/m1/s1. The molecule has 33 heavy (non-hydrogen) atoms. The zero-order valence-electron chi connectivity index (χ0n) is 19.1. The van der Waals surface area contributed by atoms with Crippen LogP contribution in [0.1, 0.15) is 38.4 Å². The van der Waals surface area contributed by atoms with Gasteiger partial charge < -0.3 is 20.6 Å². The second kappa shape index (κ2) is 10.3. The predicted octanol–water partition coefficient (Wildman–Crippen LogP) is 3.22. The van der Waals surface area contributed by atoms with Gasteiger partial charge in [0.2, 0.25) is 11.8 Å². The topological polar surface area (TPSA) is 112 Å². The van der Waals surface area contributed by atoms with Crippen LogP contribution < -0.4 is 10.6 Å². The first-order valence-corrected chi connectivity index (χ1v) is 12.4. The van der Waals surface area contributed by atoms with E-state index in [9.17, 15) is 19.5 Å². The van der Waals surface area contributed by atoms with Gasteiger partial charge in [-0.1, -0.05) is 45.0 Å². The molecule has 3 N–H and O–H groups in total. The van der Waals surface area contributed by atoms with Gasteiger partial charge in [-0.05, 0) is 23.5 Å². The molecule has 0 saturated carbocycles. The SMILES string of the molecule is Cc1ncsc1-c1ccc(CNC(=O)[C@@H]2C[C@@H](O)CN2C(=O)[C@@H](NC(=O)Br)C(C)(C)C)cc1. The van der Waals surface area contributed by atoms with Gasteiger partial charge in [-0.2, -0.15) is 0 Å². The van der Waals surface area contributed by atoms with E-state index in [0.29, 0.717) is 6.54 Å². The van der Waals surface area contributed by atoms with Crippen molar-refractivity contribution in [2.75, 3.05) is 6.54 Å². The second-order valence-corrected chi connectivity index (χ2v) is 10.9. The maximum absolute atomic E-state index is 13.2. The summed E-state index contributed by atoms with van der Waals surface area (Å²) in [5, 5.41) is 15.7. The van der Waals surface area contributed by atoms with Gasteiger partial charge in [0.05, 0.1) is 22.2 Å². The molecule has 3 rings (SSSR count). The minimum absolute atomic E-state index is 0.0462. The van der Waals surface area contributed by atoms with E-state index in [1.54, 1.807) is 11.3 Å². The summed E-state index contributed by atoms with van der Waals surface area (Å²) in [5.41, 5.74) is 4.21. The molecule has 3 atom stereocenters. The summed E-state index contributed by atoms with van der Waals surface area (Å²) in [6.07, 6.45) is -0.646. The molecule has 1 aliphatic rings. The molecule has 1 aliphatic heterocycles. The number of amides is 3. The lowest BCUT2D eigenvalue weighted by Gasteiger charge is -2.34. The number of β-amino-alcohol motifs (C(OH)–C–C–N with tert-alkyl or cyclic N) is 1. The van der Waals surface area contributed by atoms with Gasteiger partial charge in [-0.25, -0.2) is 4.98 Å². The zero-order chi connectivity index (χ0) is 24.3. The number of halogens is 1. The van der Waals surface area contributed by atoms with Crippen molar-refractivity contribution in [1.29, 1.82) is 0 Å². The van der Waals surface area contributed by atoms with Gasteiger partial charge in [0.25, 0.3) is 4.82 Å². The van der Waals surface area contributed by atoms with Crippen LogP contribution in [0.2, 0.25) is 0 Å². The lowest BCUT2D eigenvalue weighted by molar-refractivity contribution is -0.141. The Hall–Kier alpha value is -2.30. The Labute approximate surface area is 205 Å². The minimum atomic E-state index is -0.840. The van der Waals surface area contributed by atoms with E-state index >= 15 is 0 Å². The van der Waals surface area contributed by atoms with Crippen molar-refractivity contribution >= 4 is 43.9 Å². The number of aliphatic hydroxyl groups excluding tert-OH is 1. The quantitative estimate of drug-likeness (QED) is 0.387. The molecule has 8 nitrogen and oxygen atoms in total. The maximum Gasteiger partial charge on any atom is 0.287 e. The number of hydrogen-bond donors (Lipinski definition) is 3. The smallest absolute Gasteiger partial charge is 0.287 e. The molecule has 0 unspecified atom stereocenters. The van der Waals surface area contributed by atoms with Crippen molar-refractivity contribution in [3.63, 3.8) is 0 Å². The average Bonchev–Trinajstić information content (AvgIpc) is 3.35. The molecule has 3 amide bonds. The molecular formula is C23H29BrN4O4S. The van der Waals surface area contributed by atoms with Crippen molar-refractivity contribution < 1.29 is 19.5 Å². The predicted molar refractivity (Wildman–Crippen MR) is 131 cm³/mol. The van der Waals surface area contributed by atoms with Crippen LogP contribution in [0.3, 0.4) is 0 Å². The third kappa shape index (κ3) is 6.18. The molecule has 1 fully saturated rings. The Morgan fingerprint density at radius 1 is 1.27 bits per heavy atom. The Morgan fingerprint density at radius 2 is 1.94 bits per heavy atom. The number of rotatable bonds is 6. The van der Waals surface area contributed by atoms with Crippen molar-refractivity contribution in [2.45, 2.75) is 58.8 Å². The fourth-order valence-electron chi connectivity index (χ4n) is 3.89. The number of carbonyl (C=O) groups is 3. The Morgan fingerprint density at radius 3 is 2.48 bits per heavy atom. The summed E-state index contributed by atoms with van der Waals surface area (Å²) in [5.74, 6) is -0.726. The number of aliphatic hydroxyl groups is 1. The average molecular weight is 537 g/mol. The molecule has 0 aliphatic carbocycles. The molecule has 2 aromatic rings. The van der Waals surface area contributed by atoms with E-state index in [2.05, 4.69) is 31.5 Å². The number of hydrogen-bond acceptors (Lipinski definition) is 6. The van der Waals surface area contributed by atoms with Crippen LogP contribution in [0.15, 0.2) is 29.8 Å². The molecule has 1 saturated heterocycles. The number of benzene rings is 1. The summed E-state index contributed by atoms with van der Waals surface area (Å²) >= 11 is 4.40. The number of carbonyl (C=O) groups excluding carboxylic acids is 3. The molecule has 1 aromatic heterocycles. The molecule has 0 radical (unpaired) electrons. The third-order valence-corrected chi connectivity index (χ3v) is 6.87. The van der Waals surface area contributed by atoms with Crippen molar-refractivity contribution in [3.8, 4) is 10.4 Å². The molecule has 2 heterocycles. The number of nitrogens with one attached hydrogen (secondary N) is 2. The largest absolute Gasteiger partial charge is 0.391 e. The number of thiazole rings is 1. The van der Waals surface area contributed by atoms with Crippen LogP contribution in [0.5, 0.6) is 0 Å². The van der Waals surface area contributed by atoms with Gasteiger partial charge in [0.15, 0.2) is 0 Å². The molecular weight excluding hydrogens is 508 g/mol. The van der Waals surface area contributed by atoms with Crippen LogP contribution in [0, 0.1) is 12.3 Å². The zero-order valence-corrected chi connectivity index (χ0v) is 21.5. The lowest BCUT2D eigenvalue weighted by atomic mass is 9.85. The van der Waals surface area contributed by atoms with Crippen LogP contribution in [0.25, 0.3) is 10.4 Å². The highest BCUT2D eigenvalue weighted by Gasteiger charge is 2.44. The summed E-state index contributed by atoms with van der Waals surface area (Å²) < 4.78 is 0. The summed E-state index contributed by atoms with van der Waals surface area (Å²) in [6.45, 7) is 7.81. The van der Waals surface area contributed by atoms with E-state index < -0.39 is 34.3 Å². The van der Waals surface area contributed by atoms with Gasteiger partial charge in [0.1, 0.15) is 12.1 Å². The fourth-order valence-corrected chi connectivity index (χ4v) is 4.93. The number of nitrogens with zero attached hydrogens (tertiary/aromatic N) is 2. The van der Waals surface area contributed by atoms with Gasteiger partial charge >= 0.3 is 0 Å². The highest BCUT2D eigenvalue weighted by molar-refractivity contribution is 9.18. The highest BCUT2D eigenvalue weighted by Crippen LogP contribution is 2.28. The normalized spacial score (nSPS) is 19.3. The van der Waals surface area contributed by atoms with Gasteiger partial charge in [0, 0.05) is 35.4 Å². The fraction of sp³-hybridized carbons (Fsp3) is 0.478. The van der Waals surface area contributed by atoms with E-state index in [1.807, 2.05) is 57.5 Å². The lowest BCUT2D eigenvalue weighted by Crippen LogP contribution is -2.57. The first-order chi connectivity index (χ1) is 15.5. The van der Waals surface area contributed by atoms with E-state index in [1.165, 1.54) is 4.90 Å². The number of aromatic nitrogens is 1. The van der Waals surface area contributed by atoms with Crippen molar-refractivity contribution in [1.82, 2.24) is 20.5 Å². The molecule has 178 valence electrons. The van der Waals surface area contributed by atoms with Gasteiger partial charge in [-0.15, -0.1) is 11.3 Å². The van der Waals surface area contributed by atoms with E-state index in [4.69, 9.17) is 0 Å². The summed E-state index contributed by atoms with van der Waals surface area (Å²) in [7, 11) is 0. The highest BCUT2D eigenvalue weighted by atomic mass is 79.9. The Kier molecular flexibility index (Phi) is 7.92. The Balaban J connectivity index is 1.67. The minimum Gasteiger partial charge on any atom is -0.391 e.